The van der Waals surface area contributed by atoms with Crippen LogP contribution in [0, 0.1) is 5.82 Å². The maximum atomic E-state index is 13.1. The fourth-order valence-corrected chi connectivity index (χ4v) is 2.90. The molecule has 1 amide bonds. The van der Waals surface area contributed by atoms with E-state index in [1.165, 1.54) is 36.1 Å². The molecule has 0 spiro atoms. The zero-order chi connectivity index (χ0) is 22.0. The molecule has 0 saturated carbocycles. The highest BCUT2D eigenvalue weighted by Gasteiger charge is 2.20. The summed E-state index contributed by atoms with van der Waals surface area (Å²) in [5.74, 6) is -0.0592. The number of ether oxygens (including phenoxy) is 1. The fourth-order valence-electron chi connectivity index (χ4n) is 2.73. The third kappa shape index (κ3) is 4.31. The summed E-state index contributed by atoms with van der Waals surface area (Å²) in [4.78, 5) is 16.6. The summed E-state index contributed by atoms with van der Waals surface area (Å²) in [6, 6.07) is 10.4. The van der Waals surface area contributed by atoms with E-state index in [2.05, 4.69) is 25.8 Å². The van der Waals surface area contributed by atoms with E-state index in [1.54, 1.807) is 18.2 Å². The van der Waals surface area contributed by atoms with E-state index in [1.807, 2.05) is 0 Å². The molecule has 0 unspecified atom stereocenters. The largest absolute Gasteiger partial charge is 0.495 e. The van der Waals surface area contributed by atoms with Crippen LogP contribution in [0.3, 0.4) is 0 Å². The number of amides is 1. The first-order valence-corrected chi connectivity index (χ1v) is 9.25. The van der Waals surface area contributed by atoms with E-state index in [0.29, 0.717) is 22.0 Å². The average molecular weight is 444 g/mol. The number of methoxy groups -OCH3 is 1. The van der Waals surface area contributed by atoms with Crippen LogP contribution >= 0.6 is 11.6 Å². The van der Waals surface area contributed by atoms with Crippen LogP contribution in [0.5, 0.6) is 5.75 Å². The number of nitrogens with two attached hydrogens (primary N) is 1. The van der Waals surface area contributed by atoms with Crippen LogP contribution in [-0.2, 0) is 11.3 Å². The van der Waals surface area contributed by atoms with E-state index in [0.717, 1.165) is 0 Å². The van der Waals surface area contributed by atoms with Gasteiger partial charge in [0.05, 0.1) is 12.8 Å². The molecule has 0 saturated heterocycles. The van der Waals surface area contributed by atoms with Gasteiger partial charge in [-0.05, 0) is 42.5 Å². The van der Waals surface area contributed by atoms with Gasteiger partial charge in [0.25, 0.3) is 5.89 Å². The molecule has 2 heterocycles. The lowest BCUT2D eigenvalue weighted by molar-refractivity contribution is -0.116. The van der Waals surface area contributed by atoms with Gasteiger partial charge in [0, 0.05) is 10.6 Å². The number of aromatic nitrogens is 5. The first-order chi connectivity index (χ1) is 14.9. The predicted octanol–water partition coefficient (Wildman–Crippen LogP) is 3.02. The van der Waals surface area contributed by atoms with Gasteiger partial charge in [0.2, 0.25) is 11.7 Å². The highest BCUT2D eigenvalue weighted by molar-refractivity contribution is 6.31. The number of anilines is 2. The van der Waals surface area contributed by atoms with E-state index < -0.39 is 5.91 Å². The molecule has 4 aromatic rings. The number of nitrogens with zero attached hydrogens (tertiary/aromatic N) is 5. The Hall–Kier alpha value is -3.99. The Morgan fingerprint density at radius 2 is 2.06 bits per heavy atom. The highest BCUT2D eigenvalue weighted by Crippen LogP contribution is 2.28. The van der Waals surface area contributed by atoms with Gasteiger partial charge in [0.15, 0.2) is 11.5 Å². The molecule has 3 N–H and O–H groups in total. The number of nitrogen functional groups attached to an aromatic ring is 1. The van der Waals surface area contributed by atoms with Crippen LogP contribution < -0.4 is 15.8 Å². The maximum absolute atomic E-state index is 13.1. The van der Waals surface area contributed by atoms with Gasteiger partial charge >= 0.3 is 0 Å². The smallest absolute Gasteiger partial charge is 0.282 e. The average Bonchev–Trinajstić information content (AvgIpc) is 3.36. The summed E-state index contributed by atoms with van der Waals surface area (Å²) < 4.78 is 24.7. The lowest BCUT2D eigenvalue weighted by Crippen LogP contribution is -2.21. The molecule has 10 nitrogen and oxygen atoms in total. The van der Waals surface area contributed by atoms with Crippen LogP contribution in [0.1, 0.15) is 0 Å². The van der Waals surface area contributed by atoms with E-state index >= 15 is 0 Å². The van der Waals surface area contributed by atoms with Gasteiger partial charge in [0.1, 0.15) is 18.1 Å². The van der Waals surface area contributed by atoms with E-state index in [9.17, 15) is 9.18 Å². The van der Waals surface area contributed by atoms with Crippen LogP contribution in [0.25, 0.3) is 23.0 Å². The predicted molar refractivity (Wildman–Crippen MR) is 110 cm³/mol. The second-order valence-electron chi connectivity index (χ2n) is 6.30. The summed E-state index contributed by atoms with van der Waals surface area (Å²) in [5, 5.41) is 14.8. The standard InChI is InChI=1S/C19H15ClFN7O3/c1-30-14-7-4-11(20)8-13(14)23-15(29)9-28-17(22)16(25-27-28)19-24-18(26-31-19)10-2-5-12(21)6-3-10/h2-8H,9,22H2,1H3,(H,23,29). The van der Waals surface area contributed by atoms with Crippen LogP contribution in [0.4, 0.5) is 15.9 Å². The van der Waals surface area contributed by atoms with Crippen LogP contribution in [0.15, 0.2) is 47.0 Å². The van der Waals surface area contributed by atoms with Gasteiger partial charge in [-0.2, -0.15) is 4.98 Å². The lowest BCUT2D eigenvalue weighted by atomic mass is 10.2. The van der Waals surface area contributed by atoms with Gasteiger partial charge in [-0.3, -0.25) is 4.79 Å². The Bertz CT molecular complexity index is 1240. The molecule has 2 aromatic carbocycles. The number of carbonyl (C=O) groups excluding carboxylic acids is 1. The molecule has 0 atom stereocenters. The number of hydrogen-bond acceptors (Lipinski definition) is 8. The summed E-state index contributed by atoms with van der Waals surface area (Å²) >= 11 is 5.97. The maximum Gasteiger partial charge on any atom is 0.282 e. The second kappa shape index (κ2) is 8.40. The second-order valence-corrected chi connectivity index (χ2v) is 6.74. The third-order valence-corrected chi connectivity index (χ3v) is 4.47. The SMILES string of the molecule is COc1ccc(Cl)cc1NC(=O)Cn1nnc(-c2nc(-c3ccc(F)cc3)no2)c1N. The Labute approximate surface area is 179 Å². The number of rotatable bonds is 6. The number of hydrogen-bond donors (Lipinski definition) is 2. The first-order valence-electron chi connectivity index (χ1n) is 8.87. The van der Waals surface area contributed by atoms with Gasteiger partial charge in [-0.1, -0.05) is 22.0 Å². The molecule has 0 bridgehead atoms. The zero-order valence-electron chi connectivity index (χ0n) is 16.0. The molecule has 4 rings (SSSR count). The summed E-state index contributed by atoms with van der Waals surface area (Å²) in [7, 11) is 1.48. The van der Waals surface area contributed by atoms with Crippen molar-refractivity contribution in [2.24, 2.45) is 0 Å². The minimum atomic E-state index is -0.429. The molecule has 2 aromatic heterocycles. The van der Waals surface area contributed by atoms with Crippen molar-refractivity contribution in [3.63, 3.8) is 0 Å². The van der Waals surface area contributed by atoms with Crippen molar-refractivity contribution in [2.75, 3.05) is 18.2 Å². The van der Waals surface area contributed by atoms with Crippen molar-refractivity contribution >= 4 is 29.0 Å². The number of carbonyl (C=O) groups is 1. The molecule has 12 heteroatoms. The molecule has 158 valence electrons. The van der Waals surface area contributed by atoms with Crippen LogP contribution in [-0.4, -0.2) is 38.2 Å². The van der Waals surface area contributed by atoms with Crippen molar-refractivity contribution < 1.29 is 18.4 Å². The van der Waals surface area contributed by atoms with Crippen molar-refractivity contribution in [1.29, 1.82) is 0 Å². The normalized spacial score (nSPS) is 10.8. The van der Waals surface area contributed by atoms with Crippen molar-refractivity contribution in [2.45, 2.75) is 6.54 Å². The lowest BCUT2D eigenvalue weighted by Gasteiger charge is -2.10. The van der Waals surface area contributed by atoms with Crippen molar-refractivity contribution in [1.82, 2.24) is 25.1 Å². The molecule has 0 aliphatic rings. The topological polar surface area (TPSA) is 134 Å². The van der Waals surface area contributed by atoms with E-state index in [-0.39, 0.29) is 35.6 Å². The minimum absolute atomic E-state index is 0.0139. The molecule has 0 aliphatic carbocycles. The van der Waals surface area contributed by atoms with Gasteiger partial charge in [-0.25, -0.2) is 9.07 Å². The number of benzene rings is 2. The minimum Gasteiger partial charge on any atom is -0.495 e. The van der Waals surface area contributed by atoms with Gasteiger partial charge in [-0.15, -0.1) is 5.10 Å². The Morgan fingerprint density at radius 3 is 2.81 bits per heavy atom. The van der Waals surface area contributed by atoms with Crippen molar-refractivity contribution in [3.05, 3.63) is 53.3 Å². The Kier molecular flexibility index (Phi) is 5.50. The van der Waals surface area contributed by atoms with E-state index in [4.69, 9.17) is 26.6 Å². The van der Waals surface area contributed by atoms with Gasteiger partial charge < -0.3 is 20.3 Å². The Balaban J connectivity index is 1.51. The molecular formula is C19H15ClFN7O3. The van der Waals surface area contributed by atoms with Crippen molar-refractivity contribution in [3.8, 4) is 28.7 Å². The molecule has 31 heavy (non-hydrogen) atoms. The third-order valence-electron chi connectivity index (χ3n) is 4.23. The quantitative estimate of drug-likeness (QED) is 0.464. The zero-order valence-corrected chi connectivity index (χ0v) is 16.8. The molecular weight excluding hydrogens is 429 g/mol. The monoisotopic (exact) mass is 443 g/mol. The fraction of sp³-hybridized carbons (Fsp3) is 0.105. The van der Waals surface area contributed by atoms with Crippen LogP contribution in [0.2, 0.25) is 5.02 Å². The Morgan fingerprint density at radius 1 is 1.29 bits per heavy atom. The number of halogens is 2. The highest BCUT2D eigenvalue weighted by atomic mass is 35.5. The summed E-state index contributed by atoms with van der Waals surface area (Å²) in [6.07, 6.45) is 0. The number of nitrogens with one attached hydrogen (secondary N) is 1. The summed E-state index contributed by atoms with van der Waals surface area (Å²) in [5.41, 5.74) is 7.13. The molecule has 0 aliphatic heterocycles. The molecule has 0 fully saturated rings. The first kappa shape index (κ1) is 20.3. The molecule has 0 radical (unpaired) electrons. The summed E-state index contributed by atoms with van der Waals surface area (Å²) in [6.45, 7) is -0.229.